The molecule has 88 valence electrons. The van der Waals surface area contributed by atoms with Crippen molar-refractivity contribution < 1.29 is 9.59 Å². The van der Waals surface area contributed by atoms with Gasteiger partial charge >= 0.3 is 0 Å². The van der Waals surface area contributed by atoms with Crippen molar-refractivity contribution in [2.24, 2.45) is 11.7 Å². The maximum Gasteiger partial charge on any atom is 0.279 e. The molecular weight excluding hydrogens is 226 g/mol. The Labute approximate surface area is 98.0 Å². The van der Waals surface area contributed by atoms with Crippen LogP contribution in [0, 0.1) is 5.92 Å². The molecule has 1 aromatic heterocycles. The maximum absolute atomic E-state index is 11.4. The Kier molecular flexibility index (Phi) is 4.45. The first-order valence-electron chi connectivity index (χ1n) is 4.91. The van der Waals surface area contributed by atoms with E-state index in [-0.39, 0.29) is 17.7 Å². The van der Waals surface area contributed by atoms with Crippen LogP contribution in [0.5, 0.6) is 0 Å². The minimum atomic E-state index is -0.622. The van der Waals surface area contributed by atoms with Crippen LogP contribution >= 0.6 is 11.3 Å². The van der Waals surface area contributed by atoms with E-state index in [1.807, 2.05) is 13.8 Å². The number of nitrogens with one attached hydrogen (secondary N) is 2. The summed E-state index contributed by atoms with van der Waals surface area (Å²) in [5, 5.41) is 1.79. The minimum Gasteiger partial charge on any atom is -0.320 e. The third-order valence-corrected chi connectivity index (χ3v) is 2.93. The number of hydrogen-bond donors (Lipinski definition) is 3. The Morgan fingerprint density at radius 1 is 1.38 bits per heavy atom. The molecule has 5 nitrogen and oxygen atoms in total. The van der Waals surface area contributed by atoms with Gasteiger partial charge in [-0.25, -0.2) is 0 Å². The quantitative estimate of drug-likeness (QED) is 0.673. The monoisotopic (exact) mass is 241 g/mol. The summed E-state index contributed by atoms with van der Waals surface area (Å²) >= 11 is 1.30. The van der Waals surface area contributed by atoms with Crippen LogP contribution in [0.25, 0.3) is 0 Å². The Morgan fingerprint density at radius 3 is 2.56 bits per heavy atom. The summed E-state index contributed by atoms with van der Waals surface area (Å²) < 4.78 is 0. The smallest absolute Gasteiger partial charge is 0.279 e. The van der Waals surface area contributed by atoms with Gasteiger partial charge in [-0.05, 0) is 17.4 Å². The van der Waals surface area contributed by atoms with Crippen molar-refractivity contribution in [3.05, 3.63) is 22.4 Å². The van der Waals surface area contributed by atoms with Crippen molar-refractivity contribution in [3.8, 4) is 0 Å². The number of nitrogens with two attached hydrogens (primary N) is 1. The molecule has 0 fully saturated rings. The van der Waals surface area contributed by atoms with Crippen molar-refractivity contribution in [2.75, 3.05) is 0 Å². The van der Waals surface area contributed by atoms with Gasteiger partial charge in [0.1, 0.15) is 0 Å². The average Bonchev–Trinajstić information content (AvgIpc) is 2.77. The third kappa shape index (κ3) is 3.32. The van der Waals surface area contributed by atoms with Gasteiger partial charge in [0.15, 0.2) is 0 Å². The van der Waals surface area contributed by atoms with E-state index in [1.165, 1.54) is 11.3 Å². The molecule has 1 unspecified atom stereocenters. The standard InChI is InChI=1S/C10H15N3O2S/c1-6(2)8(11)10(15)13-12-9(14)7-4-3-5-16-7/h3-6,8H,11H2,1-2H3,(H,12,14)(H,13,15). The molecule has 0 radical (unpaired) electrons. The molecule has 1 rings (SSSR count). The molecule has 1 aromatic rings. The molecule has 1 atom stereocenters. The molecule has 2 amide bonds. The highest BCUT2D eigenvalue weighted by Gasteiger charge is 2.17. The molecule has 0 aliphatic carbocycles. The molecular formula is C10H15N3O2S. The second-order valence-electron chi connectivity index (χ2n) is 3.69. The molecule has 0 aliphatic rings. The van der Waals surface area contributed by atoms with Gasteiger partial charge in [-0.1, -0.05) is 19.9 Å². The topological polar surface area (TPSA) is 84.2 Å². The number of carbonyl (C=O) groups is 2. The summed E-state index contributed by atoms with van der Waals surface area (Å²) in [5.74, 6) is -0.696. The lowest BCUT2D eigenvalue weighted by atomic mass is 10.1. The number of hydrazine groups is 1. The van der Waals surface area contributed by atoms with Gasteiger partial charge in [0.25, 0.3) is 11.8 Å². The van der Waals surface area contributed by atoms with Gasteiger partial charge in [0.05, 0.1) is 10.9 Å². The molecule has 0 spiro atoms. The van der Waals surface area contributed by atoms with E-state index < -0.39 is 6.04 Å². The normalized spacial score (nSPS) is 12.2. The summed E-state index contributed by atoms with van der Waals surface area (Å²) in [4.78, 5) is 23.4. The predicted octanol–water partition coefficient (Wildman–Crippen LogP) is 0.492. The van der Waals surface area contributed by atoms with Crippen LogP contribution in [-0.2, 0) is 4.79 Å². The lowest BCUT2D eigenvalue weighted by molar-refractivity contribution is -0.124. The predicted molar refractivity (Wildman–Crippen MR) is 62.7 cm³/mol. The van der Waals surface area contributed by atoms with E-state index in [0.717, 1.165) is 0 Å². The summed E-state index contributed by atoms with van der Waals surface area (Å²) in [6.07, 6.45) is 0. The Balaban J connectivity index is 2.41. The number of amides is 2. The van der Waals surface area contributed by atoms with E-state index in [9.17, 15) is 9.59 Å². The van der Waals surface area contributed by atoms with Crippen LogP contribution in [0.4, 0.5) is 0 Å². The van der Waals surface area contributed by atoms with E-state index in [1.54, 1.807) is 17.5 Å². The highest BCUT2D eigenvalue weighted by atomic mass is 32.1. The zero-order chi connectivity index (χ0) is 12.1. The van der Waals surface area contributed by atoms with Gasteiger partial charge in [-0.15, -0.1) is 11.3 Å². The van der Waals surface area contributed by atoms with Crippen LogP contribution in [0.1, 0.15) is 23.5 Å². The fraction of sp³-hybridized carbons (Fsp3) is 0.400. The van der Waals surface area contributed by atoms with Gasteiger partial charge in [-0.3, -0.25) is 20.4 Å². The van der Waals surface area contributed by atoms with Crippen LogP contribution in [0.3, 0.4) is 0 Å². The summed E-state index contributed by atoms with van der Waals surface area (Å²) in [5.41, 5.74) is 10.2. The molecule has 16 heavy (non-hydrogen) atoms. The first-order valence-corrected chi connectivity index (χ1v) is 5.79. The fourth-order valence-corrected chi connectivity index (χ4v) is 1.59. The van der Waals surface area contributed by atoms with Crippen molar-refractivity contribution in [3.63, 3.8) is 0 Å². The van der Waals surface area contributed by atoms with Crippen molar-refractivity contribution in [1.29, 1.82) is 0 Å². The van der Waals surface area contributed by atoms with Gasteiger partial charge in [0.2, 0.25) is 0 Å². The first-order chi connectivity index (χ1) is 7.52. The largest absolute Gasteiger partial charge is 0.320 e. The molecule has 4 N–H and O–H groups in total. The van der Waals surface area contributed by atoms with Gasteiger partial charge < -0.3 is 5.73 Å². The molecule has 0 aromatic carbocycles. The van der Waals surface area contributed by atoms with E-state index in [4.69, 9.17) is 5.73 Å². The summed E-state index contributed by atoms with van der Waals surface area (Å²) in [6.45, 7) is 3.68. The lowest BCUT2D eigenvalue weighted by Gasteiger charge is -2.15. The molecule has 1 heterocycles. The second kappa shape index (κ2) is 5.62. The van der Waals surface area contributed by atoms with Gasteiger partial charge in [0, 0.05) is 0 Å². The number of rotatable bonds is 3. The molecule has 0 saturated carbocycles. The van der Waals surface area contributed by atoms with Crippen LogP contribution in [-0.4, -0.2) is 17.9 Å². The van der Waals surface area contributed by atoms with E-state index in [0.29, 0.717) is 4.88 Å². The zero-order valence-corrected chi connectivity index (χ0v) is 10.0. The summed E-state index contributed by atoms with van der Waals surface area (Å²) in [6, 6.07) is 2.82. The summed E-state index contributed by atoms with van der Waals surface area (Å²) in [7, 11) is 0. The first kappa shape index (κ1) is 12.7. The van der Waals surface area contributed by atoms with Gasteiger partial charge in [-0.2, -0.15) is 0 Å². The number of carbonyl (C=O) groups excluding carboxylic acids is 2. The van der Waals surface area contributed by atoms with Crippen molar-refractivity contribution in [2.45, 2.75) is 19.9 Å². The maximum atomic E-state index is 11.4. The Morgan fingerprint density at radius 2 is 2.06 bits per heavy atom. The second-order valence-corrected chi connectivity index (χ2v) is 4.64. The molecule has 0 aliphatic heterocycles. The van der Waals surface area contributed by atoms with Crippen molar-refractivity contribution >= 4 is 23.2 Å². The van der Waals surface area contributed by atoms with E-state index in [2.05, 4.69) is 10.9 Å². The SMILES string of the molecule is CC(C)C(N)C(=O)NNC(=O)c1cccs1. The minimum absolute atomic E-state index is 0.0265. The van der Waals surface area contributed by atoms with Crippen LogP contribution in [0.15, 0.2) is 17.5 Å². The molecule has 0 bridgehead atoms. The lowest BCUT2D eigenvalue weighted by Crippen LogP contribution is -2.51. The van der Waals surface area contributed by atoms with Crippen LogP contribution < -0.4 is 16.6 Å². The Bertz CT molecular complexity index is 362. The fourth-order valence-electron chi connectivity index (χ4n) is 0.974. The Hall–Kier alpha value is -1.40. The number of thiophene rings is 1. The zero-order valence-electron chi connectivity index (χ0n) is 9.19. The van der Waals surface area contributed by atoms with Crippen molar-refractivity contribution in [1.82, 2.24) is 10.9 Å². The molecule has 0 saturated heterocycles. The average molecular weight is 241 g/mol. The highest BCUT2D eigenvalue weighted by Crippen LogP contribution is 2.07. The molecule has 6 heteroatoms. The van der Waals surface area contributed by atoms with Crippen LogP contribution in [0.2, 0.25) is 0 Å². The third-order valence-electron chi connectivity index (χ3n) is 2.07. The number of hydrogen-bond acceptors (Lipinski definition) is 4. The highest BCUT2D eigenvalue weighted by molar-refractivity contribution is 7.12. The van der Waals surface area contributed by atoms with E-state index >= 15 is 0 Å².